The van der Waals surface area contributed by atoms with Gasteiger partial charge in [0.15, 0.2) is 6.73 Å². The summed E-state index contributed by atoms with van der Waals surface area (Å²) in [5, 5.41) is 1.51. The topological polar surface area (TPSA) is 51.9 Å². The van der Waals surface area contributed by atoms with Crippen molar-refractivity contribution in [3.05, 3.63) is 85.6 Å². The molecule has 1 aromatic heterocycles. The fourth-order valence-corrected chi connectivity index (χ4v) is 4.92. The summed E-state index contributed by atoms with van der Waals surface area (Å²) in [7, 11) is 1.63. The van der Waals surface area contributed by atoms with Crippen molar-refractivity contribution >= 4 is 44.2 Å². The van der Waals surface area contributed by atoms with E-state index in [9.17, 15) is 4.79 Å². The minimum Gasteiger partial charge on any atom is -0.497 e. The molecule has 0 N–H and O–H groups in total. The van der Waals surface area contributed by atoms with Gasteiger partial charge in [0.2, 0.25) is 0 Å². The summed E-state index contributed by atoms with van der Waals surface area (Å²) in [4.78, 5) is 14.4. The molecule has 0 aliphatic carbocycles. The predicted octanol–water partition coefficient (Wildman–Crippen LogP) is 6.55. The Kier molecular flexibility index (Phi) is 5.35. The maximum Gasteiger partial charge on any atom is 0.336 e. The highest BCUT2D eigenvalue weighted by Crippen LogP contribution is 2.40. The second kappa shape index (κ2) is 8.19. The van der Waals surface area contributed by atoms with Crippen molar-refractivity contribution in [3.8, 4) is 22.6 Å². The summed E-state index contributed by atoms with van der Waals surface area (Å²) < 4.78 is 17.9. The minimum atomic E-state index is -0.398. The maximum absolute atomic E-state index is 12.4. The van der Waals surface area contributed by atoms with Crippen LogP contribution in [0.5, 0.6) is 11.5 Å². The number of methoxy groups -OCH3 is 1. The first kappa shape index (κ1) is 20.9. The van der Waals surface area contributed by atoms with Crippen molar-refractivity contribution in [3.63, 3.8) is 0 Å². The molecule has 0 saturated carbocycles. The number of hydrogen-bond acceptors (Lipinski definition) is 5. The first-order chi connectivity index (χ1) is 15.4. The van der Waals surface area contributed by atoms with Gasteiger partial charge in [0.1, 0.15) is 17.1 Å². The van der Waals surface area contributed by atoms with Gasteiger partial charge >= 0.3 is 5.63 Å². The highest BCUT2D eigenvalue weighted by Gasteiger charge is 2.24. The molecule has 0 amide bonds. The van der Waals surface area contributed by atoms with Gasteiger partial charge in [0.25, 0.3) is 0 Å². The van der Waals surface area contributed by atoms with Crippen molar-refractivity contribution in [2.45, 2.75) is 13.5 Å². The van der Waals surface area contributed by atoms with E-state index >= 15 is 0 Å². The molecule has 0 bridgehead atoms. The molecule has 0 unspecified atom stereocenters. The Morgan fingerprint density at radius 2 is 1.88 bits per heavy atom. The van der Waals surface area contributed by atoms with E-state index in [2.05, 4.69) is 20.8 Å². The van der Waals surface area contributed by atoms with Crippen molar-refractivity contribution in [2.24, 2.45) is 0 Å². The van der Waals surface area contributed by atoms with Crippen LogP contribution in [0.1, 0.15) is 11.1 Å². The van der Waals surface area contributed by atoms with E-state index < -0.39 is 5.63 Å². The molecule has 0 atom stereocenters. The number of halogens is 2. The molecule has 1 aliphatic rings. The third-order valence-electron chi connectivity index (χ3n) is 5.67. The average Bonchev–Trinajstić information content (AvgIpc) is 2.79. The zero-order chi connectivity index (χ0) is 22.4. The van der Waals surface area contributed by atoms with Crippen LogP contribution >= 0.6 is 27.5 Å². The molecule has 5 rings (SSSR count). The zero-order valence-corrected chi connectivity index (χ0v) is 19.8. The maximum atomic E-state index is 12.4. The van der Waals surface area contributed by atoms with Gasteiger partial charge in [-0.15, -0.1) is 0 Å². The standard InChI is InChI=1S/C25H19BrClNO4/c1-14-24-16(12-28(13-31-24)22-8-5-17(26)10-21(22)27)9-20-19(11-23(29)32-25(14)20)15-3-6-18(30-2)7-4-15/h3-11H,12-13H2,1-2H3. The van der Waals surface area contributed by atoms with Gasteiger partial charge in [-0.25, -0.2) is 4.79 Å². The first-order valence-electron chi connectivity index (χ1n) is 10.0. The molecule has 0 saturated heterocycles. The lowest BCUT2D eigenvalue weighted by Crippen LogP contribution is -2.32. The number of benzene rings is 3. The molecule has 0 radical (unpaired) electrons. The average molecular weight is 513 g/mol. The molecule has 2 heterocycles. The van der Waals surface area contributed by atoms with E-state index in [1.54, 1.807) is 7.11 Å². The Bertz CT molecular complexity index is 1400. The molecule has 0 spiro atoms. The van der Waals surface area contributed by atoms with Crippen LogP contribution in [0.3, 0.4) is 0 Å². The monoisotopic (exact) mass is 511 g/mol. The summed E-state index contributed by atoms with van der Waals surface area (Å²) in [5.74, 6) is 1.50. The lowest BCUT2D eigenvalue weighted by atomic mass is 9.96. The summed E-state index contributed by atoms with van der Waals surface area (Å²) in [6.07, 6.45) is 0. The van der Waals surface area contributed by atoms with E-state index in [-0.39, 0.29) is 0 Å². The summed E-state index contributed by atoms with van der Waals surface area (Å²) in [6.45, 7) is 2.89. The summed E-state index contributed by atoms with van der Waals surface area (Å²) >= 11 is 9.93. The fraction of sp³-hybridized carbons (Fsp3) is 0.160. The lowest BCUT2D eigenvalue weighted by Gasteiger charge is -2.32. The van der Waals surface area contributed by atoms with Gasteiger partial charge in [0, 0.05) is 33.6 Å². The highest BCUT2D eigenvalue weighted by molar-refractivity contribution is 9.10. The number of anilines is 1. The number of nitrogens with zero attached hydrogens (tertiary/aromatic N) is 1. The van der Waals surface area contributed by atoms with Crippen LogP contribution in [0.15, 0.2) is 68.3 Å². The van der Waals surface area contributed by atoms with E-state index in [0.29, 0.717) is 23.9 Å². The molecule has 5 nitrogen and oxygen atoms in total. The van der Waals surface area contributed by atoms with Crippen LogP contribution in [-0.2, 0) is 6.54 Å². The van der Waals surface area contributed by atoms with Gasteiger partial charge in [-0.1, -0.05) is 39.7 Å². The molecule has 1 aliphatic heterocycles. The SMILES string of the molecule is COc1ccc(-c2cc(=O)oc3c(C)c4c(cc23)CN(c2ccc(Br)cc2Cl)CO4)cc1. The molecule has 0 fully saturated rings. The Hall–Kier alpha value is -2.96. The zero-order valence-electron chi connectivity index (χ0n) is 17.4. The second-order valence-electron chi connectivity index (χ2n) is 7.64. The van der Waals surface area contributed by atoms with Gasteiger partial charge in [-0.05, 0) is 54.4 Å². The van der Waals surface area contributed by atoms with Gasteiger partial charge in [-0.3, -0.25) is 0 Å². The Balaban J connectivity index is 1.64. The van der Waals surface area contributed by atoms with Crippen molar-refractivity contribution in [1.29, 1.82) is 0 Å². The van der Waals surface area contributed by atoms with Crippen LogP contribution < -0.4 is 20.0 Å². The van der Waals surface area contributed by atoms with Gasteiger partial charge in [-0.2, -0.15) is 0 Å². The first-order valence-corrected chi connectivity index (χ1v) is 11.2. The number of hydrogen-bond donors (Lipinski definition) is 0. The third kappa shape index (κ3) is 3.63. The molecule has 162 valence electrons. The highest BCUT2D eigenvalue weighted by atomic mass is 79.9. The molecule has 3 aromatic carbocycles. The van der Waals surface area contributed by atoms with Crippen molar-refractivity contribution < 1.29 is 13.9 Å². The number of ether oxygens (including phenoxy) is 2. The molecule has 7 heteroatoms. The summed E-state index contributed by atoms with van der Waals surface area (Å²) in [6, 6.07) is 17.0. The van der Waals surface area contributed by atoms with Crippen LogP contribution in [0.2, 0.25) is 5.02 Å². The number of fused-ring (bicyclic) bond motifs is 2. The minimum absolute atomic E-state index is 0.350. The number of aryl methyl sites for hydroxylation is 1. The quantitative estimate of drug-likeness (QED) is 0.291. The van der Waals surface area contributed by atoms with Crippen LogP contribution in [0, 0.1) is 6.92 Å². The van der Waals surface area contributed by atoms with Gasteiger partial charge in [0.05, 0.1) is 17.8 Å². The second-order valence-corrected chi connectivity index (χ2v) is 8.96. The molecular weight excluding hydrogens is 494 g/mol. The van der Waals surface area contributed by atoms with Crippen molar-refractivity contribution in [2.75, 3.05) is 18.7 Å². The predicted molar refractivity (Wildman–Crippen MR) is 130 cm³/mol. The summed E-state index contributed by atoms with van der Waals surface area (Å²) in [5.41, 5.74) is 4.57. The van der Waals surface area contributed by atoms with Crippen LogP contribution in [0.25, 0.3) is 22.1 Å². The lowest BCUT2D eigenvalue weighted by molar-refractivity contribution is 0.287. The normalized spacial score (nSPS) is 13.1. The smallest absolute Gasteiger partial charge is 0.336 e. The van der Waals surface area contributed by atoms with E-state index in [4.69, 9.17) is 25.5 Å². The number of rotatable bonds is 3. The van der Waals surface area contributed by atoms with Gasteiger partial charge < -0.3 is 18.8 Å². The molecule has 32 heavy (non-hydrogen) atoms. The van der Waals surface area contributed by atoms with E-state index in [1.807, 2.05) is 55.5 Å². The third-order valence-corrected chi connectivity index (χ3v) is 6.46. The Morgan fingerprint density at radius 3 is 2.59 bits per heavy atom. The Labute approximate surface area is 198 Å². The van der Waals surface area contributed by atoms with Crippen molar-refractivity contribution in [1.82, 2.24) is 0 Å². The van der Waals surface area contributed by atoms with E-state index in [0.717, 1.165) is 49.3 Å². The fourth-order valence-electron chi connectivity index (χ4n) is 4.12. The Morgan fingerprint density at radius 1 is 1.09 bits per heavy atom. The molecule has 4 aromatic rings. The van der Waals surface area contributed by atoms with Crippen LogP contribution in [-0.4, -0.2) is 13.8 Å². The molecular formula is C25H19BrClNO4. The van der Waals surface area contributed by atoms with Crippen LogP contribution in [0.4, 0.5) is 5.69 Å². The van der Waals surface area contributed by atoms with E-state index in [1.165, 1.54) is 6.07 Å². The largest absolute Gasteiger partial charge is 0.497 e.